The number of nitrogens with one attached hydrogen (secondary N) is 1. The molecular weight excluding hydrogens is 346 g/mol. The Morgan fingerprint density at radius 1 is 1.07 bits per heavy atom. The molecule has 0 radical (unpaired) electrons. The molecule has 0 unspecified atom stereocenters. The summed E-state index contributed by atoms with van der Waals surface area (Å²) in [5.41, 5.74) is 1.16. The van der Waals surface area contributed by atoms with Crippen molar-refractivity contribution >= 4 is 17.9 Å². The summed E-state index contributed by atoms with van der Waals surface area (Å²) in [4.78, 5) is 39.9. The number of rotatable bonds is 4. The SMILES string of the molecule is Cc1cccc(C(=O)N2CCN(C(=O)CCNC(=O)OC(C)(C)C)CC2)c1. The molecule has 7 heteroatoms. The Labute approximate surface area is 160 Å². The van der Waals surface area contributed by atoms with Crippen LogP contribution in [0.5, 0.6) is 0 Å². The zero-order valence-corrected chi connectivity index (χ0v) is 16.6. The summed E-state index contributed by atoms with van der Waals surface area (Å²) < 4.78 is 5.14. The van der Waals surface area contributed by atoms with Crippen LogP contribution in [0, 0.1) is 6.92 Å². The number of amides is 3. The fourth-order valence-corrected chi connectivity index (χ4v) is 2.86. The Morgan fingerprint density at radius 3 is 2.30 bits per heavy atom. The maximum absolute atomic E-state index is 12.6. The van der Waals surface area contributed by atoms with Gasteiger partial charge in [0.25, 0.3) is 5.91 Å². The number of alkyl carbamates (subject to hydrolysis) is 1. The van der Waals surface area contributed by atoms with Crippen LogP contribution in [-0.2, 0) is 9.53 Å². The van der Waals surface area contributed by atoms with Crippen LogP contribution in [0.1, 0.15) is 43.1 Å². The van der Waals surface area contributed by atoms with E-state index in [1.165, 1.54) is 0 Å². The number of nitrogens with zero attached hydrogens (tertiary/aromatic N) is 2. The lowest BCUT2D eigenvalue weighted by Gasteiger charge is -2.35. The summed E-state index contributed by atoms with van der Waals surface area (Å²) in [7, 11) is 0. The maximum Gasteiger partial charge on any atom is 0.407 e. The Hall–Kier alpha value is -2.57. The molecule has 1 N–H and O–H groups in total. The largest absolute Gasteiger partial charge is 0.444 e. The second-order valence-electron chi connectivity index (χ2n) is 7.72. The van der Waals surface area contributed by atoms with E-state index in [9.17, 15) is 14.4 Å². The van der Waals surface area contributed by atoms with Gasteiger partial charge in [0.05, 0.1) is 0 Å². The zero-order valence-electron chi connectivity index (χ0n) is 16.6. The minimum atomic E-state index is -0.561. The van der Waals surface area contributed by atoms with Crippen LogP contribution in [0.3, 0.4) is 0 Å². The van der Waals surface area contributed by atoms with Crippen LogP contribution in [0.25, 0.3) is 0 Å². The number of aryl methyl sites for hydroxylation is 1. The van der Waals surface area contributed by atoms with Crippen molar-refractivity contribution in [2.75, 3.05) is 32.7 Å². The first-order valence-electron chi connectivity index (χ1n) is 9.26. The van der Waals surface area contributed by atoms with E-state index < -0.39 is 11.7 Å². The normalized spacial score (nSPS) is 14.7. The first-order valence-corrected chi connectivity index (χ1v) is 9.26. The summed E-state index contributed by atoms with van der Waals surface area (Å²) in [6, 6.07) is 7.52. The van der Waals surface area contributed by atoms with Crippen molar-refractivity contribution in [3.8, 4) is 0 Å². The number of carbonyl (C=O) groups excluding carboxylic acids is 3. The minimum Gasteiger partial charge on any atom is -0.444 e. The highest BCUT2D eigenvalue weighted by molar-refractivity contribution is 5.94. The average molecular weight is 375 g/mol. The van der Waals surface area contributed by atoms with E-state index in [4.69, 9.17) is 4.74 Å². The van der Waals surface area contributed by atoms with Gasteiger partial charge in [-0.3, -0.25) is 9.59 Å². The lowest BCUT2D eigenvalue weighted by Crippen LogP contribution is -2.51. The summed E-state index contributed by atoms with van der Waals surface area (Å²) in [5, 5.41) is 2.59. The smallest absolute Gasteiger partial charge is 0.407 e. The lowest BCUT2D eigenvalue weighted by atomic mass is 10.1. The molecule has 1 saturated heterocycles. The third-order valence-corrected chi connectivity index (χ3v) is 4.19. The van der Waals surface area contributed by atoms with Crippen molar-refractivity contribution in [3.05, 3.63) is 35.4 Å². The Kier molecular flexibility index (Phi) is 6.82. The van der Waals surface area contributed by atoms with Gasteiger partial charge in [0.1, 0.15) is 5.60 Å². The molecule has 27 heavy (non-hydrogen) atoms. The quantitative estimate of drug-likeness (QED) is 0.875. The summed E-state index contributed by atoms with van der Waals surface area (Å²) in [6.45, 7) is 9.58. The van der Waals surface area contributed by atoms with Crippen molar-refractivity contribution in [3.63, 3.8) is 0 Å². The van der Waals surface area contributed by atoms with Crippen molar-refractivity contribution in [2.45, 2.75) is 39.7 Å². The maximum atomic E-state index is 12.6. The average Bonchev–Trinajstić information content (AvgIpc) is 2.59. The number of hydrogen-bond donors (Lipinski definition) is 1. The van der Waals surface area contributed by atoms with Crippen LogP contribution >= 0.6 is 0 Å². The van der Waals surface area contributed by atoms with Crippen LogP contribution in [0.4, 0.5) is 4.79 Å². The predicted octanol–water partition coefficient (Wildman–Crippen LogP) is 2.19. The first kappa shape index (κ1) is 20.7. The van der Waals surface area contributed by atoms with E-state index in [2.05, 4.69) is 5.32 Å². The fraction of sp³-hybridized carbons (Fsp3) is 0.550. The molecule has 0 aliphatic carbocycles. The number of piperazine rings is 1. The van der Waals surface area contributed by atoms with E-state index in [0.29, 0.717) is 31.7 Å². The minimum absolute atomic E-state index is 0.00242. The van der Waals surface area contributed by atoms with Gasteiger partial charge < -0.3 is 19.9 Å². The summed E-state index contributed by atoms with van der Waals surface area (Å²) in [6.07, 6.45) is -0.311. The Bertz CT molecular complexity index is 689. The highest BCUT2D eigenvalue weighted by Gasteiger charge is 2.25. The zero-order chi connectivity index (χ0) is 20.0. The molecule has 148 valence electrons. The van der Waals surface area contributed by atoms with E-state index in [-0.39, 0.29) is 24.8 Å². The lowest BCUT2D eigenvalue weighted by molar-refractivity contribution is -0.132. The number of benzene rings is 1. The second-order valence-corrected chi connectivity index (χ2v) is 7.72. The van der Waals surface area contributed by atoms with E-state index in [0.717, 1.165) is 5.56 Å². The van der Waals surface area contributed by atoms with Gasteiger partial charge in [0.2, 0.25) is 5.91 Å². The highest BCUT2D eigenvalue weighted by Crippen LogP contribution is 2.11. The number of ether oxygens (including phenoxy) is 1. The van der Waals surface area contributed by atoms with Crippen LogP contribution < -0.4 is 5.32 Å². The molecule has 1 aromatic carbocycles. The van der Waals surface area contributed by atoms with Gasteiger partial charge in [-0.2, -0.15) is 0 Å². The molecule has 0 saturated carbocycles. The molecule has 1 aliphatic rings. The van der Waals surface area contributed by atoms with E-state index >= 15 is 0 Å². The van der Waals surface area contributed by atoms with Gasteiger partial charge in [-0.25, -0.2) is 4.79 Å². The molecule has 2 rings (SSSR count). The molecular formula is C20H29N3O4. The Balaban J connectivity index is 1.74. The molecule has 3 amide bonds. The molecule has 1 aromatic rings. The number of carbonyl (C=O) groups is 3. The number of hydrogen-bond acceptors (Lipinski definition) is 4. The van der Waals surface area contributed by atoms with Gasteiger partial charge in [0, 0.05) is 44.7 Å². The molecule has 7 nitrogen and oxygen atoms in total. The van der Waals surface area contributed by atoms with Gasteiger partial charge in [0.15, 0.2) is 0 Å². The molecule has 1 fully saturated rings. The predicted molar refractivity (Wildman–Crippen MR) is 103 cm³/mol. The van der Waals surface area contributed by atoms with Gasteiger partial charge >= 0.3 is 6.09 Å². The molecule has 0 bridgehead atoms. The van der Waals surface area contributed by atoms with Gasteiger partial charge in [-0.1, -0.05) is 17.7 Å². The summed E-state index contributed by atoms with van der Waals surface area (Å²) in [5.74, 6) is -0.0360. The molecule has 0 aromatic heterocycles. The standard InChI is InChI=1S/C20H29N3O4/c1-15-6-5-7-16(14-15)18(25)23-12-10-22(11-13-23)17(24)8-9-21-19(26)27-20(2,3)4/h5-7,14H,8-13H2,1-4H3,(H,21,26). The van der Waals surface area contributed by atoms with E-state index in [1.54, 1.807) is 30.6 Å². The third-order valence-electron chi connectivity index (χ3n) is 4.19. The first-order chi connectivity index (χ1) is 12.7. The molecule has 1 aliphatic heterocycles. The van der Waals surface area contributed by atoms with E-state index in [1.807, 2.05) is 31.2 Å². The fourth-order valence-electron chi connectivity index (χ4n) is 2.86. The third kappa shape index (κ3) is 6.58. The highest BCUT2D eigenvalue weighted by atomic mass is 16.6. The molecule has 0 spiro atoms. The van der Waals surface area contributed by atoms with Gasteiger partial charge in [-0.05, 0) is 39.8 Å². The monoisotopic (exact) mass is 375 g/mol. The van der Waals surface area contributed by atoms with Crippen LogP contribution in [0.2, 0.25) is 0 Å². The Morgan fingerprint density at radius 2 is 1.70 bits per heavy atom. The van der Waals surface area contributed by atoms with Crippen LogP contribution in [-0.4, -0.2) is 66.0 Å². The van der Waals surface area contributed by atoms with Gasteiger partial charge in [-0.15, -0.1) is 0 Å². The molecule has 1 heterocycles. The van der Waals surface area contributed by atoms with Crippen molar-refractivity contribution < 1.29 is 19.1 Å². The topological polar surface area (TPSA) is 79.0 Å². The van der Waals surface area contributed by atoms with Crippen molar-refractivity contribution in [1.29, 1.82) is 0 Å². The molecule has 0 atom stereocenters. The van der Waals surface area contributed by atoms with Crippen LogP contribution in [0.15, 0.2) is 24.3 Å². The second kappa shape index (κ2) is 8.88. The summed E-state index contributed by atoms with van der Waals surface area (Å²) >= 11 is 0. The van der Waals surface area contributed by atoms with Crippen molar-refractivity contribution in [2.24, 2.45) is 0 Å². The van der Waals surface area contributed by atoms with Crippen molar-refractivity contribution in [1.82, 2.24) is 15.1 Å².